The molecule has 0 aliphatic heterocycles. The van der Waals surface area contributed by atoms with Crippen molar-refractivity contribution in [1.82, 2.24) is 9.62 Å². The van der Waals surface area contributed by atoms with E-state index in [9.17, 15) is 22.8 Å². The lowest BCUT2D eigenvalue weighted by Gasteiger charge is -2.19. The van der Waals surface area contributed by atoms with Crippen LogP contribution in [0.25, 0.3) is 0 Å². The molecule has 0 aromatic heterocycles. The summed E-state index contributed by atoms with van der Waals surface area (Å²) in [6, 6.07) is 4.46. The summed E-state index contributed by atoms with van der Waals surface area (Å²) in [6.07, 6.45) is 1.69. The fourth-order valence-corrected chi connectivity index (χ4v) is 3.41. The van der Waals surface area contributed by atoms with Crippen molar-refractivity contribution in [1.29, 1.82) is 0 Å². The molecule has 9 nitrogen and oxygen atoms in total. The number of rotatable bonds is 10. The second-order valence-corrected chi connectivity index (χ2v) is 8.11. The van der Waals surface area contributed by atoms with Gasteiger partial charge in [0.15, 0.2) is 0 Å². The van der Waals surface area contributed by atoms with Crippen molar-refractivity contribution in [3.05, 3.63) is 24.3 Å². The molecule has 2 amide bonds. The minimum Gasteiger partial charge on any atom is -0.480 e. The van der Waals surface area contributed by atoms with Crippen LogP contribution >= 0.6 is 0 Å². The van der Waals surface area contributed by atoms with Gasteiger partial charge in [-0.05, 0) is 30.7 Å². The molecule has 0 heterocycles. The number of carboxylic acid groups (broad SMARTS) is 1. The number of carbonyl (C=O) groups is 3. The maximum atomic E-state index is 12.5. The highest BCUT2D eigenvalue weighted by molar-refractivity contribution is 7.89. The first-order valence-corrected chi connectivity index (χ1v) is 9.88. The number of hydrogen-bond acceptors (Lipinski definition) is 5. The monoisotopic (exact) mass is 399 g/mol. The summed E-state index contributed by atoms with van der Waals surface area (Å²) in [5.41, 5.74) is 0.446. The van der Waals surface area contributed by atoms with E-state index in [0.717, 1.165) is 10.7 Å². The minimum atomic E-state index is -3.94. The Balaban J connectivity index is 2.78. The van der Waals surface area contributed by atoms with Crippen molar-refractivity contribution in [2.24, 2.45) is 0 Å². The molecule has 3 N–H and O–H groups in total. The number of aliphatic carboxylic acids is 1. The maximum Gasteiger partial charge on any atom is 0.326 e. The lowest BCUT2D eigenvalue weighted by atomic mass is 10.1. The smallest absolute Gasteiger partial charge is 0.326 e. The Labute approximate surface area is 158 Å². The fraction of sp³-hybridized carbons (Fsp3) is 0.471. The van der Waals surface area contributed by atoms with Crippen LogP contribution in [-0.4, -0.2) is 55.2 Å². The molecule has 0 spiro atoms. The van der Waals surface area contributed by atoms with E-state index in [0.29, 0.717) is 12.1 Å². The van der Waals surface area contributed by atoms with Gasteiger partial charge in [0.1, 0.15) is 6.04 Å². The van der Waals surface area contributed by atoms with E-state index >= 15 is 0 Å². The third kappa shape index (κ3) is 6.99. The largest absolute Gasteiger partial charge is 0.480 e. The Hall–Kier alpha value is -2.46. The number of anilines is 1. The molecule has 0 bridgehead atoms. The van der Waals surface area contributed by atoms with E-state index in [1.807, 2.05) is 6.92 Å². The molecule has 1 aromatic carbocycles. The molecule has 27 heavy (non-hydrogen) atoms. The van der Waals surface area contributed by atoms with Crippen molar-refractivity contribution in [3.8, 4) is 0 Å². The van der Waals surface area contributed by atoms with Gasteiger partial charge in [-0.2, -0.15) is 4.31 Å². The molecule has 150 valence electrons. The van der Waals surface area contributed by atoms with E-state index in [1.54, 1.807) is 0 Å². The molecular weight excluding hydrogens is 374 g/mol. The lowest BCUT2D eigenvalue weighted by Crippen LogP contribution is -2.45. The van der Waals surface area contributed by atoms with Gasteiger partial charge in [0.25, 0.3) is 0 Å². The molecule has 0 saturated heterocycles. The second-order valence-electron chi connectivity index (χ2n) is 6.07. The van der Waals surface area contributed by atoms with Crippen molar-refractivity contribution >= 4 is 33.5 Å². The van der Waals surface area contributed by atoms with Gasteiger partial charge in [-0.15, -0.1) is 0 Å². The van der Waals surface area contributed by atoms with Crippen molar-refractivity contribution in [2.45, 2.75) is 44.0 Å². The van der Waals surface area contributed by atoms with Crippen molar-refractivity contribution in [3.63, 3.8) is 0 Å². The highest BCUT2D eigenvalue weighted by Gasteiger charge is 2.25. The van der Waals surface area contributed by atoms with Crippen LogP contribution < -0.4 is 10.6 Å². The van der Waals surface area contributed by atoms with Gasteiger partial charge in [0, 0.05) is 19.7 Å². The highest BCUT2D eigenvalue weighted by atomic mass is 32.2. The first-order chi connectivity index (χ1) is 12.6. The van der Waals surface area contributed by atoms with Crippen LogP contribution in [-0.2, 0) is 24.4 Å². The Kier molecular flexibility index (Phi) is 8.38. The molecule has 1 unspecified atom stereocenters. The Bertz CT molecular complexity index is 776. The molecule has 1 aromatic rings. The summed E-state index contributed by atoms with van der Waals surface area (Å²) in [5, 5.41) is 14.0. The molecule has 10 heteroatoms. The number of benzene rings is 1. The van der Waals surface area contributed by atoms with E-state index in [2.05, 4.69) is 10.6 Å². The average Bonchev–Trinajstić information content (AvgIpc) is 2.58. The molecule has 1 atom stereocenters. The average molecular weight is 399 g/mol. The maximum absolute atomic E-state index is 12.5. The second kappa shape index (κ2) is 10.0. The standard InChI is InChI=1S/C17H25N3O6S/c1-4-5-6-15(17(23)24)19-16(22)11-20(3)27(25,26)14-9-7-13(8-10-14)18-12(2)21/h7-10,15H,4-6,11H2,1-3H3,(H,18,21)(H,19,22)(H,23,24). The van der Waals surface area contributed by atoms with E-state index in [1.165, 1.54) is 38.2 Å². The quantitative estimate of drug-likeness (QED) is 0.538. The van der Waals surface area contributed by atoms with Gasteiger partial charge in [0.05, 0.1) is 11.4 Å². The van der Waals surface area contributed by atoms with Gasteiger partial charge >= 0.3 is 5.97 Å². The number of carboxylic acids is 1. The Morgan fingerprint density at radius 2 is 1.78 bits per heavy atom. The predicted molar refractivity (Wildman–Crippen MR) is 99.7 cm³/mol. The third-order valence-electron chi connectivity index (χ3n) is 3.73. The first-order valence-electron chi connectivity index (χ1n) is 8.44. The number of nitrogens with one attached hydrogen (secondary N) is 2. The zero-order valence-electron chi connectivity index (χ0n) is 15.6. The summed E-state index contributed by atoms with van der Waals surface area (Å²) in [4.78, 5) is 34.2. The number of unbranched alkanes of at least 4 members (excludes halogenated alkanes) is 1. The van der Waals surface area contributed by atoms with Crippen LogP contribution in [0.3, 0.4) is 0 Å². The van der Waals surface area contributed by atoms with Gasteiger partial charge in [-0.1, -0.05) is 19.8 Å². The van der Waals surface area contributed by atoms with Crippen LogP contribution in [0.15, 0.2) is 29.2 Å². The van der Waals surface area contributed by atoms with Gasteiger partial charge in [0.2, 0.25) is 21.8 Å². The molecule has 0 radical (unpaired) electrons. The molecule has 0 aliphatic carbocycles. The first kappa shape index (κ1) is 22.6. The summed E-state index contributed by atoms with van der Waals surface area (Å²) in [7, 11) is -2.71. The molecule has 0 aliphatic rings. The number of likely N-dealkylation sites (N-methyl/N-ethyl adjacent to an activating group) is 1. The molecular formula is C17H25N3O6S. The number of nitrogens with zero attached hydrogens (tertiary/aromatic N) is 1. The van der Waals surface area contributed by atoms with E-state index in [-0.39, 0.29) is 17.2 Å². The highest BCUT2D eigenvalue weighted by Crippen LogP contribution is 2.17. The van der Waals surface area contributed by atoms with Crippen LogP contribution in [0.5, 0.6) is 0 Å². The summed E-state index contributed by atoms with van der Waals surface area (Å²) >= 11 is 0. The zero-order chi connectivity index (χ0) is 20.6. The normalized spacial score (nSPS) is 12.4. The van der Waals surface area contributed by atoms with Crippen LogP contribution in [0.4, 0.5) is 5.69 Å². The Morgan fingerprint density at radius 3 is 2.26 bits per heavy atom. The summed E-state index contributed by atoms with van der Waals surface area (Å²) < 4.78 is 25.9. The molecule has 1 rings (SSSR count). The van der Waals surface area contributed by atoms with Gasteiger partial charge < -0.3 is 15.7 Å². The third-order valence-corrected chi connectivity index (χ3v) is 5.55. The van der Waals surface area contributed by atoms with Gasteiger partial charge in [-0.3, -0.25) is 9.59 Å². The number of hydrogen-bond donors (Lipinski definition) is 3. The van der Waals surface area contributed by atoms with Crippen molar-refractivity contribution < 1.29 is 27.9 Å². The van der Waals surface area contributed by atoms with Crippen LogP contribution in [0.1, 0.15) is 33.1 Å². The van der Waals surface area contributed by atoms with Crippen molar-refractivity contribution in [2.75, 3.05) is 18.9 Å². The topological polar surface area (TPSA) is 133 Å². The summed E-state index contributed by atoms with van der Waals surface area (Å²) in [6.45, 7) is 2.73. The summed E-state index contributed by atoms with van der Waals surface area (Å²) in [5.74, 6) is -2.13. The van der Waals surface area contributed by atoms with E-state index < -0.39 is 34.5 Å². The fourth-order valence-electron chi connectivity index (χ4n) is 2.29. The lowest BCUT2D eigenvalue weighted by molar-refractivity contribution is -0.142. The number of amides is 2. The number of sulfonamides is 1. The van der Waals surface area contributed by atoms with E-state index in [4.69, 9.17) is 5.11 Å². The Morgan fingerprint density at radius 1 is 1.19 bits per heavy atom. The zero-order valence-corrected chi connectivity index (χ0v) is 16.4. The molecule has 0 fully saturated rings. The van der Waals surface area contributed by atoms with Crippen LogP contribution in [0.2, 0.25) is 0 Å². The van der Waals surface area contributed by atoms with Crippen LogP contribution in [0, 0.1) is 0 Å². The minimum absolute atomic E-state index is 0.0485. The molecule has 0 saturated carbocycles. The number of carbonyl (C=O) groups excluding carboxylic acids is 2. The SMILES string of the molecule is CCCCC(NC(=O)CN(C)S(=O)(=O)c1ccc(NC(C)=O)cc1)C(=O)O. The van der Waals surface area contributed by atoms with Gasteiger partial charge in [-0.25, -0.2) is 13.2 Å². The predicted octanol–water partition coefficient (Wildman–Crippen LogP) is 1.03.